The normalized spacial score (nSPS) is 10.8. The summed E-state index contributed by atoms with van der Waals surface area (Å²) >= 11 is 8.72. The molecule has 7 nitrogen and oxygen atoms in total. The van der Waals surface area contributed by atoms with Gasteiger partial charge in [0.1, 0.15) is 17.9 Å². The van der Waals surface area contributed by atoms with Gasteiger partial charge in [-0.15, -0.1) is 0 Å². The van der Waals surface area contributed by atoms with E-state index < -0.39 is 5.97 Å². The van der Waals surface area contributed by atoms with Crippen LogP contribution in [0, 0.1) is 10.5 Å². The van der Waals surface area contributed by atoms with Gasteiger partial charge in [0.05, 0.1) is 5.56 Å². The zero-order chi connectivity index (χ0) is 41.4. The molecule has 2 heterocycles. The lowest BCUT2D eigenvalue weighted by atomic mass is 9.99. The number of hydrogen-bond acceptors (Lipinski definition) is 6. The maximum absolute atomic E-state index is 11.0. The molecule has 0 saturated heterocycles. The van der Waals surface area contributed by atoms with Crippen LogP contribution in [0.1, 0.15) is 5.56 Å². The van der Waals surface area contributed by atoms with Gasteiger partial charge >= 0.3 is 5.97 Å². The molecule has 0 aliphatic heterocycles. The van der Waals surface area contributed by atoms with Crippen molar-refractivity contribution in [1.82, 2.24) is 9.97 Å². The minimum atomic E-state index is -0.930. The van der Waals surface area contributed by atoms with Gasteiger partial charge in [0.25, 0.3) is 0 Å². The van der Waals surface area contributed by atoms with Crippen molar-refractivity contribution in [3.05, 3.63) is 196 Å². The third-order valence-corrected chi connectivity index (χ3v) is 10.7. The van der Waals surface area contributed by atoms with E-state index in [-0.39, 0.29) is 6.54 Å². The Bertz CT molecular complexity index is 2770. The molecule has 0 spiro atoms. The monoisotopic (exact) mass is 917 g/mol. The van der Waals surface area contributed by atoms with Gasteiger partial charge in [-0.05, 0) is 83.1 Å². The minimum Gasteiger partial charge on any atom is -0.480 e. The second-order valence-corrected chi connectivity index (χ2v) is 15.5. The van der Waals surface area contributed by atoms with Crippen molar-refractivity contribution in [2.45, 2.75) is 6.92 Å². The first-order chi connectivity index (χ1) is 29.3. The molecule has 0 saturated carbocycles. The summed E-state index contributed by atoms with van der Waals surface area (Å²) in [5.41, 5.74) is 11.0. The Balaban J connectivity index is 0.000000176. The third-order valence-electron chi connectivity index (χ3n) is 9.61. The number of aryl methyl sites for hydroxylation is 1. The molecule has 0 unspecified atom stereocenters. The summed E-state index contributed by atoms with van der Waals surface area (Å²) in [6.45, 7) is 1.92. The number of aromatic nitrogens is 2. The van der Waals surface area contributed by atoms with Gasteiger partial charge in [-0.3, -0.25) is 4.79 Å². The molecule has 2 N–H and O–H groups in total. The highest BCUT2D eigenvalue weighted by Gasteiger charge is 2.22. The average molecular weight is 918 g/mol. The van der Waals surface area contributed by atoms with Crippen LogP contribution in [0.2, 0.25) is 5.02 Å². The first kappa shape index (κ1) is 40.0. The third kappa shape index (κ3) is 9.25. The molecule has 0 bridgehead atoms. The lowest BCUT2D eigenvalue weighted by Gasteiger charge is -2.10. The molecule has 0 aliphatic carbocycles. The number of aliphatic carboxylic acids is 1. The molecule has 0 fully saturated rings. The maximum atomic E-state index is 11.0. The summed E-state index contributed by atoms with van der Waals surface area (Å²) in [7, 11) is 0. The lowest BCUT2D eigenvalue weighted by Crippen LogP contribution is -2.12. The number of carbonyl (C=O) groups is 1. The van der Waals surface area contributed by atoms with Crippen molar-refractivity contribution >= 4 is 45.8 Å². The summed E-state index contributed by atoms with van der Waals surface area (Å²) < 4.78 is 13.8. The van der Waals surface area contributed by atoms with Gasteiger partial charge < -0.3 is 19.3 Å². The molecular weight excluding hydrogens is 881 g/mol. The van der Waals surface area contributed by atoms with E-state index in [2.05, 4.69) is 77.3 Å². The van der Waals surface area contributed by atoms with Crippen LogP contribution in [-0.2, 0) is 4.79 Å². The van der Waals surface area contributed by atoms with Gasteiger partial charge in [0.2, 0.25) is 11.8 Å². The fourth-order valence-corrected chi connectivity index (χ4v) is 7.81. The predicted molar refractivity (Wildman–Crippen MR) is 250 cm³/mol. The number of halogens is 2. The number of benzene rings is 7. The highest BCUT2D eigenvalue weighted by Crippen LogP contribution is 2.41. The average Bonchev–Trinajstić information content (AvgIpc) is 3.94. The Morgan fingerprint density at radius 1 is 0.567 bits per heavy atom. The van der Waals surface area contributed by atoms with E-state index in [0.29, 0.717) is 28.3 Å². The summed E-state index contributed by atoms with van der Waals surface area (Å²) in [4.78, 5) is 20.7. The van der Waals surface area contributed by atoms with E-state index in [1.54, 1.807) is 0 Å². The van der Waals surface area contributed by atoms with Crippen molar-refractivity contribution in [2.75, 3.05) is 11.9 Å². The van der Waals surface area contributed by atoms with Gasteiger partial charge in [0, 0.05) is 42.1 Å². The Labute approximate surface area is 366 Å². The number of hydrogen-bond donors (Lipinski definition) is 2. The zero-order valence-electron chi connectivity index (χ0n) is 32.3. The van der Waals surface area contributed by atoms with Gasteiger partial charge in [-0.1, -0.05) is 157 Å². The Morgan fingerprint density at radius 2 is 1.05 bits per heavy atom. The van der Waals surface area contributed by atoms with E-state index in [4.69, 9.17) is 35.5 Å². The quantitative estimate of drug-likeness (QED) is 0.132. The number of oxazole rings is 2. The number of carboxylic acid groups (broad SMARTS) is 1. The van der Waals surface area contributed by atoms with Crippen molar-refractivity contribution in [1.29, 1.82) is 0 Å². The molecule has 0 amide bonds. The maximum Gasteiger partial charge on any atom is 0.322 e. The first-order valence-electron chi connectivity index (χ1n) is 19.2. The highest BCUT2D eigenvalue weighted by atomic mass is 127. The van der Waals surface area contributed by atoms with Crippen LogP contribution < -0.4 is 5.32 Å². The number of rotatable bonds is 10. The molecule has 0 atom stereocenters. The molecule has 9 rings (SSSR count). The van der Waals surface area contributed by atoms with Crippen LogP contribution in [0.3, 0.4) is 0 Å². The summed E-state index contributed by atoms with van der Waals surface area (Å²) in [6.07, 6.45) is 0. The lowest BCUT2D eigenvalue weighted by molar-refractivity contribution is -0.134. The van der Waals surface area contributed by atoms with Crippen molar-refractivity contribution < 1.29 is 18.7 Å². The molecule has 0 aliphatic rings. The van der Waals surface area contributed by atoms with Crippen LogP contribution in [0.25, 0.3) is 79.2 Å². The van der Waals surface area contributed by atoms with Gasteiger partial charge in [-0.2, -0.15) is 0 Å². The summed E-state index contributed by atoms with van der Waals surface area (Å²) in [5, 5.41) is 12.5. The van der Waals surface area contributed by atoms with E-state index >= 15 is 0 Å². The number of carboxylic acids is 1. The minimum absolute atomic E-state index is 0.174. The van der Waals surface area contributed by atoms with E-state index in [9.17, 15) is 4.79 Å². The Morgan fingerprint density at radius 3 is 1.57 bits per heavy atom. The standard InChI is InChI=1S/C29H21ClN2O3.C22H16INO/c30-22-14-15-24(25(17-22)21-12-7-13-23(16-21)31-18-26(33)34)29-32-27(19-8-3-1-4-9-19)28(35-29)20-10-5-2-6-11-20;1-15-12-13-18(19(23)14-15)22-24-20(16-8-4-2-5-9-16)21(25-22)17-10-6-3-7-11-17/h1-17,31H,18H2,(H,33,34);2-14H,1H3. The highest BCUT2D eigenvalue weighted by molar-refractivity contribution is 14.1. The van der Waals surface area contributed by atoms with E-state index in [0.717, 1.165) is 65.2 Å². The number of nitrogens with zero attached hydrogens (tertiary/aromatic N) is 2. The van der Waals surface area contributed by atoms with Crippen molar-refractivity contribution in [3.8, 4) is 79.2 Å². The SMILES string of the molecule is Cc1ccc(-c2nc(-c3ccccc3)c(-c3ccccc3)o2)c(I)c1.O=C(O)CNc1cccc(-c2cc(Cl)ccc2-c2nc(-c3ccccc3)c(-c3ccccc3)o2)c1. The van der Waals surface area contributed by atoms with Crippen molar-refractivity contribution in [2.24, 2.45) is 0 Å². The second-order valence-electron chi connectivity index (χ2n) is 13.9. The smallest absolute Gasteiger partial charge is 0.322 e. The molecule has 294 valence electrons. The number of anilines is 1. The molecule has 60 heavy (non-hydrogen) atoms. The first-order valence-corrected chi connectivity index (χ1v) is 20.6. The molecule has 0 radical (unpaired) electrons. The van der Waals surface area contributed by atoms with Gasteiger partial charge in [-0.25, -0.2) is 9.97 Å². The van der Waals surface area contributed by atoms with Crippen LogP contribution >= 0.6 is 34.2 Å². The predicted octanol–water partition coefficient (Wildman–Crippen LogP) is 14.1. The fourth-order valence-electron chi connectivity index (χ4n) is 6.73. The molecule has 7 aromatic carbocycles. The molecule has 2 aromatic heterocycles. The largest absolute Gasteiger partial charge is 0.480 e. The van der Waals surface area contributed by atoms with E-state index in [1.165, 1.54) is 5.56 Å². The molecular formula is C51H37ClIN3O4. The van der Waals surface area contributed by atoms with Gasteiger partial charge in [0.15, 0.2) is 11.5 Å². The Hall–Kier alpha value is -6.75. The molecule has 9 aromatic rings. The summed E-state index contributed by atoms with van der Waals surface area (Å²) in [5.74, 6) is 1.68. The van der Waals surface area contributed by atoms with Crippen LogP contribution in [0.15, 0.2) is 191 Å². The van der Waals surface area contributed by atoms with Crippen LogP contribution in [0.4, 0.5) is 5.69 Å². The Kier molecular flexibility index (Phi) is 12.3. The zero-order valence-corrected chi connectivity index (χ0v) is 35.3. The van der Waals surface area contributed by atoms with Crippen LogP contribution in [-0.4, -0.2) is 27.6 Å². The van der Waals surface area contributed by atoms with E-state index in [1.807, 2.05) is 140 Å². The topological polar surface area (TPSA) is 101 Å². The number of nitrogens with one attached hydrogen (secondary N) is 1. The fraction of sp³-hybridized carbons (Fsp3) is 0.0392. The van der Waals surface area contributed by atoms with Crippen molar-refractivity contribution in [3.63, 3.8) is 0 Å². The second kappa shape index (κ2) is 18.4. The van der Waals surface area contributed by atoms with Crippen LogP contribution in [0.5, 0.6) is 0 Å². The molecule has 9 heteroatoms. The summed E-state index contributed by atoms with van der Waals surface area (Å²) in [6, 6.07) is 59.5.